The SMILES string of the molecule is O=C(c1c(F)ccc(NS(=O)(=O)c2cccc(F)c2)c1F)c1c[nH]c2ncc(-c3ccc4[nH]ccc4c3)cc12. The Morgan fingerprint density at radius 2 is 1.74 bits per heavy atom. The molecular weight excluding hydrogens is 529 g/mol. The quantitative estimate of drug-likeness (QED) is 0.218. The molecule has 0 spiro atoms. The molecule has 0 aliphatic carbocycles. The molecule has 0 aliphatic heterocycles. The number of rotatable bonds is 6. The van der Waals surface area contributed by atoms with Crippen molar-refractivity contribution in [1.82, 2.24) is 15.0 Å². The molecule has 11 heteroatoms. The summed E-state index contributed by atoms with van der Waals surface area (Å²) in [7, 11) is -4.43. The maximum Gasteiger partial charge on any atom is 0.262 e. The largest absolute Gasteiger partial charge is 0.361 e. The smallest absolute Gasteiger partial charge is 0.262 e. The lowest BCUT2D eigenvalue weighted by Crippen LogP contribution is -2.16. The normalized spacial score (nSPS) is 11.8. The van der Waals surface area contributed by atoms with E-state index in [-0.39, 0.29) is 5.56 Å². The van der Waals surface area contributed by atoms with Crippen LogP contribution in [0.1, 0.15) is 15.9 Å². The Kier molecular flexibility index (Phi) is 5.72. The van der Waals surface area contributed by atoms with Gasteiger partial charge in [-0.1, -0.05) is 12.1 Å². The summed E-state index contributed by atoms with van der Waals surface area (Å²) in [6, 6.07) is 15.0. The molecule has 0 fully saturated rings. The van der Waals surface area contributed by atoms with Crippen LogP contribution < -0.4 is 4.72 Å². The van der Waals surface area contributed by atoms with Gasteiger partial charge in [0.2, 0.25) is 5.78 Å². The number of hydrogen-bond donors (Lipinski definition) is 3. The van der Waals surface area contributed by atoms with Gasteiger partial charge in [0.05, 0.1) is 16.1 Å². The van der Waals surface area contributed by atoms with Crippen LogP contribution in [0.5, 0.6) is 0 Å². The number of halogens is 3. The first kappa shape index (κ1) is 24.4. The molecule has 0 radical (unpaired) electrons. The molecule has 7 nitrogen and oxygen atoms in total. The number of nitrogens with zero attached hydrogens (tertiary/aromatic N) is 1. The number of nitrogens with one attached hydrogen (secondary N) is 3. The lowest BCUT2D eigenvalue weighted by Gasteiger charge is -2.12. The molecule has 0 saturated heterocycles. The van der Waals surface area contributed by atoms with Crippen molar-refractivity contribution in [2.75, 3.05) is 4.72 Å². The first-order chi connectivity index (χ1) is 18.7. The minimum atomic E-state index is -4.43. The second-order valence-corrected chi connectivity index (χ2v) is 10.5. The lowest BCUT2D eigenvalue weighted by molar-refractivity contribution is 0.103. The highest BCUT2D eigenvalue weighted by atomic mass is 32.2. The number of anilines is 1. The average Bonchev–Trinajstić information content (AvgIpc) is 3.56. The molecule has 39 heavy (non-hydrogen) atoms. The van der Waals surface area contributed by atoms with Crippen molar-refractivity contribution in [2.45, 2.75) is 4.90 Å². The highest BCUT2D eigenvalue weighted by Gasteiger charge is 2.26. The standard InChI is InChI=1S/C28H17F3N4O3S/c29-18-2-1-3-19(12-18)39(37,38)35-24-7-5-22(30)25(26(24)31)27(36)21-14-34-28-20(21)11-17(13-33-28)15-4-6-23-16(10-15)8-9-32-23/h1-14,32,35H,(H,33,34). The van der Waals surface area contributed by atoms with Crippen LogP contribution in [0.3, 0.4) is 0 Å². The minimum absolute atomic E-state index is 0.0509. The van der Waals surface area contributed by atoms with Crippen molar-refractivity contribution in [3.8, 4) is 11.1 Å². The second kappa shape index (κ2) is 9.14. The van der Waals surface area contributed by atoms with Crippen LogP contribution in [-0.4, -0.2) is 29.2 Å². The Bertz CT molecular complexity index is 2030. The molecule has 0 unspecified atom stereocenters. The number of pyridine rings is 1. The molecule has 3 N–H and O–H groups in total. The van der Waals surface area contributed by atoms with Crippen molar-refractivity contribution in [3.63, 3.8) is 0 Å². The first-order valence-corrected chi connectivity index (χ1v) is 13.1. The molecule has 0 saturated carbocycles. The zero-order valence-corrected chi connectivity index (χ0v) is 20.6. The summed E-state index contributed by atoms with van der Waals surface area (Å²) >= 11 is 0. The number of H-pyrrole nitrogens is 2. The topological polar surface area (TPSA) is 108 Å². The molecule has 0 amide bonds. The van der Waals surface area contributed by atoms with Crippen molar-refractivity contribution in [1.29, 1.82) is 0 Å². The van der Waals surface area contributed by atoms with Crippen LogP contribution in [0.25, 0.3) is 33.1 Å². The fourth-order valence-corrected chi connectivity index (χ4v) is 5.48. The van der Waals surface area contributed by atoms with E-state index in [2.05, 4.69) is 15.0 Å². The molecule has 3 aromatic heterocycles. The molecular formula is C28H17F3N4O3S. The Morgan fingerprint density at radius 1 is 0.897 bits per heavy atom. The summed E-state index contributed by atoms with van der Waals surface area (Å²) < 4.78 is 71.2. The minimum Gasteiger partial charge on any atom is -0.361 e. The molecule has 0 atom stereocenters. The van der Waals surface area contributed by atoms with Crippen molar-refractivity contribution >= 4 is 43.4 Å². The Hall–Kier alpha value is -4.90. The van der Waals surface area contributed by atoms with Gasteiger partial charge in [0.25, 0.3) is 10.0 Å². The van der Waals surface area contributed by atoms with Gasteiger partial charge in [0, 0.05) is 40.6 Å². The number of benzene rings is 3. The van der Waals surface area contributed by atoms with Gasteiger partial charge in [0.1, 0.15) is 17.3 Å². The van der Waals surface area contributed by atoms with E-state index in [9.17, 15) is 22.0 Å². The van der Waals surface area contributed by atoms with E-state index in [1.54, 1.807) is 12.3 Å². The number of carbonyl (C=O) groups is 1. The van der Waals surface area contributed by atoms with Gasteiger partial charge >= 0.3 is 0 Å². The summed E-state index contributed by atoms with van der Waals surface area (Å²) in [6.45, 7) is 0. The number of carbonyl (C=O) groups excluding carboxylic acids is 1. The molecule has 3 aromatic carbocycles. The molecule has 3 heterocycles. The zero-order chi connectivity index (χ0) is 27.3. The average molecular weight is 547 g/mol. The van der Waals surface area contributed by atoms with E-state index in [1.165, 1.54) is 12.3 Å². The molecule has 194 valence electrons. The van der Waals surface area contributed by atoms with E-state index >= 15 is 4.39 Å². The monoisotopic (exact) mass is 546 g/mol. The van der Waals surface area contributed by atoms with Gasteiger partial charge in [-0.15, -0.1) is 0 Å². The molecule has 0 aliphatic rings. The Labute approximate surface area is 219 Å². The van der Waals surface area contributed by atoms with Crippen LogP contribution in [0.2, 0.25) is 0 Å². The number of aromatic nitrogens is 3. The van der Waals surface area contributed by atoms with E-state index in [0.29, 0.717) is 16.6 Å². The highest BCUT2D eigenvalue weighted by Crippen LogP contribution is 2.31. The van der Waals surface area contributed by atoms with Gasteiger partial charge in [-0.2, -0.15) is 0 Å². The maximum absolute atomic E-state index is 15.5. The fraction of sp³-hybridized carbons (Fsp3) is 0. The van der Waals surface area contributed by atoms with Crippen molar-refractivity contribution in [2.24, 2.45) is 0 Å². The predicted molar refractivity (Wildman–Crippen MR) is 140 cm³/mol. The van der Waals surface area contributed by atoms with Crippen LogP contribution in [0.4, 0.5) is 18.9 Å². The van der Waals surface area contributed by atoms with Gasteiger partial charge < -0.3 is 9.97 Å². The summed E-state index contributed by atoms with van der Waals surface area (Å²) in [5, 5.41) is 1.30. The van der Waals surface area contributed by atoms with Crippen LogP contribution in [-0.2, 0) is 10.0 Å². The first-order valence-electron chi connectivity index (χ1n) is 11.6. The van der Waals surface area contributed by atoms with Gasteiger partial charge in [-0.25, -0.2) is 26.6 Å². The van der Waals surface area contributed by atoms with E-state index in [1.807, 2.05) is 35.2 Å². The highest BCUT2D eigenvalue weighted by molar-refractivity contribution is 7.92. The summed E-state index contributed by atoms with van der Waals surface area (Å²) in [6.07, 6.45) is 4.72. The predicted octanol–water partition coefficient (Wildman–Crippen LogP) is 6.16. The van der Waals surface area contributed by atoms with E-state index in [0.717, 1.165) is 46.8 Å². The van der Waals surface area contributed by atoms with Crippen molar-refractivity contribution in [3.05, 3.63) is 114 Å². The summed E-state index contributed by atoms with van der Waals surface area (Å²) in [5.74, 6) is -4.41. The maximum atomic E-state index is 15.5. The van der Waals surface area contributed by atoms with Gasteiger partial charge in [-0.05, 0) is 65.5 Å². The lowest BCUT2D eigenvalue weighted by atomic mass is 9.99. The van der Waals surface area contributed by atoms with Crippen LogP contribution in [0.15, 0.2) is 90.2 Å². The van der Waals surface area contributed by atoms with E-state index in [4.69, 9.17) is 0 Å². The van der Waals surface area contributed by atoms with Gasteiger partial charge in [-0.3, -0.25) is 9.52 Å². The van der Waals surface area contributed by atoms with E-state index < -0.39 is 49.4 Å². The number of fused-ring (bicyclic) bond motifs is 2. The second-order valence-electron chi connectivity index (χ2n) is 8.78. The molecule has 6 rings (SSSR count). The van der Waals surface area contributed by atoms with Crippen LogP contribution in [0, 0.1) is 17.5 Å². The number of aromatic amines is 2. The third kappa shape index (κ3) is 4.32. The third-order valence-corrected chi connectivity index (χ3v) is 7.69. The Balaban J connectivity index is 1.39. The fourth-order valence-electron chi connectivity index (χ4n) is 4.39. The summed E-state index contributed by atoms with van der Waals surface area (Å²) in [4.78, 5) is 23.3. The number of sulfonamides is 1. The Morgan fingerprint density at radius 3 is 2.56 bits per heavy atom. The molecule has 0 bridgehead atoms. The van der Waals surface area contributed by atoms with Crippen LogP contribution >= 0.6 is 0 Å². The summed E-state index contributed by atoms with van der Waals surface area (Å²) in [5.41, 5.74) is 1.11. The number of ketones is 1. The van der Waals surface area contributed by atoms with Crippen molar-refractivity contribution < 1.29 is 26.4 Å². The third-order valence-electron chi connectivity index (χ3n) is 6.33. The zero-order valence-electron chi connectivity index (χ0n) is 19.8. The number of hydrogen-bond acceptors (Lipinski definition) is 4. The van der Waals surface area contributed by atoms with Gasteiger partial charge in [0.15, 0.2) is 5.82 Å². The molecule has 6 aromatic rings.